The molecular formula is C16H22Cl2N2O2. The molecule has 0 spiro atoms. The van der Waals surface area contributed by atoms with Gasteiger partial charge in [-0.2, -0.15) is 0 Å². The minimum Gasteiger partial charge on any atom is -0.388 e. The average Bonchev–Trinajstić information content (AvgIpc) is 3.21. The van der Waals surface area contributed by atoms with Crippen LogP contribution in [0.2, 0.25) is 10.0 Å². The monoisotopic (exact) mass is 344 g/mol. The fourth-order valence-corrected chi connectivity index (χ4v) is 3.15. The van der Waals surface area contributed by atoms with Gasteiger partial charge in [0.2, 0.25) is 5.91 Å². The van der Waals surface area contributed by atoms with Gasteiger partial charge in [0.1, 0.15) is 0 Å². The number of amides is 1. The molecule has 2 N–H and O–H groups in total. The Labute approximate surface area is 141 Å². The molecule has 1 aromatic carbocycles. The molecule has 2 rings (SSSR count). The van der Waals surface area contributed by atoms with Gasteiger partial charge in [-0.1, -0.05) is 23.2 Å². The minimum absolute atomic E-state index is 0.00147. The third-order valence-electron chi connectivity index (χ3n) is 3.99. The highest BCUT2D eigenvalue weighted by atomic mass is 35.5. The summed E-state index contributed by atoms with van der Waals surface area (Å²) < 4.78 is 0. The number of rotatable bonds is 7. The summed E-state index contributed by atoms with van der Waals surface area (Å²) in [5.41, 5.74) is 0.555. The summed E-state index contributed by atoms with van der Waals surface area (Å²) in [6, 6.07) is 5.20. The Morgan fingerprint density at radius 2 is 1.91 bits per heavy atom. The second kappa shape index (κ2) is 7.64. The number of hydrogen-bond donors (Lipinski definition) is 2. The van der Waals surface area contributed by atoms with Gasteiger partial charge in [-0.3, -0.25) is 4.79 Å². The van der Waals surface area contributed by atoms with Crippen molar-refractivity contribution in [2.75, 3.05) is 20.6 Å². The molecule has 4 nitrogen and oxygen atoms in total. The van der Waals surface area contributed by atoms with Gasteiger partial charge in [0.25, 0.3) is 0 Å². The molecule has 0 saturated heterocycles. The summed E-state index contributed by atoms with van der Waals surface area (Å²) in [5.74, 6) is 0.503. The standard InChI is InChI=1S/C16H22Cl2N2O2/c1-20(2)14(10-3-4-10)9-19-16(22)8-15(21)11-5-12(17)7-13(18)6-11/h5-7,10,14-15,21H,3-4,8-9H2,1-2H3,(H,19,22). The van der Waals surface area contributed by atoms with E-state index in [2.05, 4.69) is 10.2 Å². The van der Waals surface area contributed by atoms with Gasteiger partial charge in [-0.25, -0.2) is 0 Å². The van der Waals surface area contributed by atoms with Crippen LogP contribution in [0.1, 0.15) is 30.9 Å². The fourth-order valence-electron chi connectivity index (χ4n) is 2.60. The van der Waals surface area contributed by atoms with Gasteiger partial charge >= 0.3 is 0 Å². The van der Waals surface area contributed by atoms with E-state index in [1.54, 1.807) is 18.2 Å². The molecule has 0 bridgehead atoms. The normalized spacial score (nSPS) is 17.4. The van der Waals surface area contributed by atoms with Gasteiger partial charge in [-0.15, -0.1) is 0 Å². The molecule has 1 aliphatic rings. The average molecular weight is 345 g/mol. The van der Waals surface area contributed by atoms with E-state index in [-0.39, 0.29) is 12.3 Å². The molecule has 1 saturated carbocycles. The van der Waals surface area contributed by atoms with Crippen molar-refractivity contribution in [3.05, 3.63) is 33.8 Å². The van der Waals surface area contributed by atoms with Gasteiger partial charge in [0.15, 0.2) is 0 Å². The molecule has 1 amide bonds. The van der Waals surface area contributed by atoms with Crippen LogP contribution in [0, 0.1) is 5.92 Å². The highest BCUT2D eigenvalue weighted by Crippen LogP contribution is 2.34. The van der Waals surface area contributed by atoms with Crippen LogP contribution in [0.15, 0.2) is 18.2 Å². The SMILES string of the molecule is CN(C)C(CNC(=O)CC(O)c1cc(Cl)cc(Cl)c1)C1CC1. The van der Waals surface area contributed by atoms with Crippen LogP contribution in [0.25, 0.3) is 0 Å². The quantitative estimate of drug-likeness (QED) is 0.799. The van der Waals surface area contributed by atoms with E-state index in [0.29, 0.717) is 34.1 Å². The van der Waals surface area contributed by atoms with Gasteiger partial charge < -0.3 is 15.3 Å². The Morgan fingerprint density at radius 3 is 2.41 bits per heavy atom. The summed E-state index contributed by atoms with van der Waals surface area (Å²) >= 11 is 11.8. The number of likely N-dealkylation sites (N-methyl/N-ethyl adjacent to an activating group) is 1. The van der Waals surface area contributed by atoms with Crippen LogP contribution in [-0.4, -0.2) is 42.6 Å². The van der Waals surface area contributed by atoms with Gasteiger partial charge in [0.05, 0.1) is 12.5 Å². The fraction of sp³-hybridized carbons (Fsp3) is 0.562. The zero-order valence-electron chi connectivity index (χ0n) is 12.9. The molecule has 1 aliphatic carbocycles. The third-order valence-corrected chi connectivity index (χ3v) is 4.42. The zero-order valence-corrected chi connectivity index (χ0v) is 14.4. The lowest BCUT2D eigenvalue weighted by Crippen LogP contribution is -2.41. The van der Waals surface area contributed by atoms with E-state index >= 15 is 0 Å². The molecule has 1 aromatic rings. The first kappa shape index (κ1) is 17.5. The lowest BCUT2D eigenvalue weighted by atomic mass is 10.1. The summed E-state index contributed by atoms with van der Waals surface area (Å²) in [4.78, 5) is 14.2. The Kier molecular flexibility index (Phi) is 6.09. The number of aliphatic hydroxyl groups is 1. The highest BCUT2D eigenvalue weighted by molar-refractivity contribution is 6.34. The molecule has 22 heavy (non-hydrogen) atoms. The summed E-state index contributed by atoms with van der Waals surface area (Å²) in [5, 5.41) is 14.0. The molecule has 1 fully saturated rings. The molecule has 0 aromatic heterocycles. The Bertz CT molecular complexity index is 511. The van der Waals surface area contributed by atoms with E-state index in [1.807, 2.05) is 14.1 Å². The molecule has 2 atom stereocenters. The van der Waals surface area contributed by atoms with Crippen molar-refractivity contribution in [2.24, 2.45) is 5.92 Å². The highest BCUT2D eigenvalue weighted by Gasteiger charge is 2.32. The molecular weight excluding hydrogens is 323 g/mol. The number of benzene rings is 1. The smallest absolute Gasteiger partial charge is 0.223 e. The number of nitrogens with one attached hydrogen (secondary N) is 1. The molecule has 0 radical (unpaired) electrons. The number of nitrogens with zero attached hydrogens (tertiary/aromatic N) is 1. The first-order chi connectivity index (χ1) is 10.4. The van der Waals surface area contributed by atoms with Crippen molar-refractivity contribution >= 4 is 29.1 Å². The van der Waals surface area contributed by atoms with Crippen molar-refractivity contribution in [3.63, 3.8) is 0 Å². The molecule has 6 heteroatoms. The number of halogens is 2. The van der Waals surface area contributed by atoms with E-state index in [0.717, 1.165) is 0 Å². The van der Waals surface area contributed by atoms with Crippen LogP contribution in [0.4, 0.5) is 0 Å². The summed E-state index contributed by atoms with van der Waals surface area (Å²) in [6.45, 7) is 0.611. The van der Waals surface area contributed by atoms with Crippen molar-refractivity contribution in [2.45, 2.75) is 31.4 Å². The molecule has 2 unspecified atom stereocenters. The van der Waals surface area contributed by atoms with Crippen LogP contribution in [0.3, 0.4) is 0 Å². The maximum absolute atomic E-state index is 12.0. The van der Waals surface area contributed by atoms with E-state index in [4.69, 9.17) is 23.2 Å². The van der Waals surface area contributed by atoms with Crippen molar-refractivity contribution in [1.29, 1.82) is 0 Å². The van der Waals surface area contributed by atoms with Crippen molar-refractivity contribution in [3.8, 4) is 0 Å². The first-order valence-electron chi connectivity index (χ1n) is 7.44. The van der Waals surface area contributed by atoms with Crippen LogP contribution in [-0.2, 0) is 4.79 Å². The maximum atomic E-state index is 12.0. The number of carbonyl (C=O) groups is 1. The van der Waals surface area contributed by atoms with E-state index in [9.17, 15) is 9.90 Å². The van der Waals surface area contributed by atoms with Crippen LogP contribution < -0.4 is 5.32 Å². The number of carbonyl (C=O) groups excluding carboxylic acids is 1. The Morgan fingerprint density at radius 1 is 1.32 bits per heavy atom. The van der Waals surface area contributed by atoms with Crippen LogP contribution in [0.5, 0.6) is 0 Å². The number of aliphatic hydroxyl groups excluding tert-OH is 1. The lowest BCUT2D eigenvalue weighted by Gasteiger charge is -2.24. The molecule has 122 valence electrons. The molecule has 0 heterocycles. The topological polar surface area (TPSA) is 52.6 Å². The maximum Gasteiger partial charge on any atom is 0.223 e. The largest absolute Gasteiger partial charge is 0.388 e. The van der Waals surface area contributed by atoms with Gasteiger partial charge in [0, 0.05) is 22.6 Å². The second-order valence-electron chi connectivity index (χ2n) is 6.10. The first-order valence-corrected chi connectivity index (χ1v) is 8.19. The predicted molar refractivity (Wildman–Crippen MR) is 89.2 cm³/mol. The summed E-state index contributed by atoms with van der Waals surface area (Å²) in [6.07, 6.45) is 1.54. The van der Waals surface area contributed by atoms with E-state index < -0.39 is 6.10 Å². The number of hydrogen-bond acceptors (Lipinski definition) is 3. The van der Waals surface area contributed by atoms with Gasteiger partial charge in [-0.05, 0) is 56.6 Å². The van der Waals surface area contributed by atoms with Crippen molar-refractivity contribution in [1.82, 2.24) is 10.2 Å². The van der Waals surface area contributed by atoms with E-state index in [1.165, 1.54) is 12.8 Å². The second-order valence-corrected chi connectivity index (χ2v) is 6.97. The lowest BCUT2D eigenvalue weighted by molar-refractivity contribution is -0.123. The zero-order chi connectivity index (χ0) is 16.3. The third kappa shape index (κ3) is 5.13. The van der Waals surface area contributed by atoms with Crippen LogP contribution >= 0.6 is 23.2 Å². The molecule has 0 aliphatic heterocycles. The Hall–Kier alpha value is -0.810. The van der Waals surface area contributed by atoms with Crippen molar-refractivity contribution < 1.29 is 9.90 Å². The minimum atomic E-state index is -0.907. The Balaban J connectivity index is 1.85. The summed E-state index contributed by atoms with van der Waals surface area (Å²) in [7, 11) is 4.05. The predicted octanol–water partition coefficient (Wildman–Crippen LogP) is 2.87.